The van der Waals surface area contributed by atoms with Gasteiger partial charge in [0.05, 0.1) is 5.69 Å². The maximum atomic E-state index is 12.9. The number of aromatic nitrogens is 3. The van der Waals surface area contributed by atoms with Gasteiger partial charge in [-0.1, -0.05) is 18.3 Å². The molecule has 0 aliphatic carbocycles. The van der Waals surface area contributed by atoms with Gasteiger partial charge in [0.15, 0.2) is 5.13 Å². The molecule has 4 N–H and O–H groups in total. The second-order valence-electron chi connectivity index (χ2n) is 6.15. The van der Waals surface area contributed by atoms with Crippen molar-refractivity contribution in [2.24, 2.45) is 5.73 Å². The van der Waals surface area contributed by atoms with Crippen molar-refractivity contribution < 1.29 is 9.59 Å². The molecular formula is C16H22N6O2S. The number of carbonyl (C=O) groups is 2. The van der Waals surface area contributed by atoms with Gasteiger partial charge in [-0.3, -0.25) is 9.59 Å². The minimum Gasteiger partial charge on any atom is -0.375 e. The molecule has 0 spiro atoms. The van der Waals surface area contributed by atoms with Gasteiger partial charge in [-0.25, -0.2) is 9.97 Å². The molecule has 1 aliphatic rings. The van der Waals surface area contributed by atoms with Crippen LogP contribution in [0, 0.1) is 0 Å². The van der Waals surface area contributed by atoms with Gasteiger partial charge >= 0.3 is 0 Å². The van der Waals surface area contributed by atoms with E-state index >= 15 is 0 Å². The van der Waals surface area contributed by atoms with Crippen LogP contribution in [-0.4, -0.2) is 44.3 Å². The molecule has 0 aromatic carbocycles. The number of aryl methyl sites for hydroxylation is 1. The van der Waals surface area contributed by atoms with E-state index in [0.717, 1.165) is 24.4 Å². The molecule has 3 heterocycles. The Hall–Kier alpha value is -2.42. The molecule has 1 fully saturated rings. The smallest absolute Gasteiger partial charge is 0.265 e. The lowest BCUT2D eigenvalue weighted by molar-refractivity contribution is -0.118. The molecular weight excluding hydrogens is 340 g/mol. The van der Waals surface area contributed by atoms with E-state index in [1.54, 1.807) is 17.0 Å². The monoisotopic (exact) mass is 362 g/mol. The third-order valence-corrected chi connectivity index (χ3v) is 5.31. The van der Waals surface area contributed by atoms with Crippen molar-refractivity contribution in [3.8, 4) is 0 Å². The van der Waals surface area contributed by atoms with E-state index in [1.165, 1.54) is 11.3 Å². The third-order valence-electron chi connectivity index (χ3n) is 4.39. The first kappa shape index (κ1) is 17.4. The van der Waals surface area contributed by atoms with Crippen molar-refractivity contribution in [3.63, 3.8) is 0 Å². The van der Waals surface area contributed by atoms with Gasteiger partial charge in [-0.15, -0.1) is 0 Å². The van der Waals surface area contributed by atoms with E-state index in [2.05, 4.69) is 9.97 Å². The van der Waals surface area contributed by atoms with Crippen molar-refractivity contribution in [2.75, 3.05) is 18.8 Å². The molecule has 0 saturated carbocycles. The van der Waals surface area contributed by atoms with Gasteiger partial charge < -0.3 is 20.9 Å². The second-order valence-corrected chi connectivity index (χ2v) is 7.18. The molecule has 2 aromatic heterocycles. The summed E-state index contributed by atoms with van der Waals surface area (Å²) in [6.45, 7) is 3.33. The number of nitrogen functional groups attached to an aromatic ring is 1. The average Bonchev–Trinajstić information content (AvgIpc) is 3.20. The predicted octanol–water partition coefficient (Wildman–Crippen LogP) is 0.989. The minimum absolute atomic E-state index is 0.0243. The molecule has 1 aliphatic heterocycles. The summed E-state index contributed by atoms with van der Waals surface area (Å²) in [5.41, 5.74) is 11.8. The lowest BCUT2D eigenvalue weighted by Crippen LogP contribution is -2.40. The van der Waals surface area contributed by atoms with Crippen LogP contribution in [0.15, 0.2) is 12.4 Å². The Morgan fingerprint density at radius 1 is 1.44 bits per heavy atom. The van der Waals surface area contributed by atoms with Crippen LogP contribution in [0.5, 0.6) is 0 Å². The lowest BCUT2D eigenvalue weighted by atomic mass is 9.96. The fraction of sp³-hybridized carbons (Fsp3) is 0.500. The van der Waals surface area contributed by atoms with Crippen LogP contribution in [0.4, 0.5) is 5.13 Å². The normalized spacial score (nSPS) is 17.6. The van der Waals surface area contributed by atoms with Crippen LogP contribution in [-0.2, 0) is 17.8 Å². The van der Waals surface area contributed by atoms with Crippen LogP contribution >= 0.6 is 11.3 Å². The van der Waals surface area contributed by atoms with Crippen molar-refractivity contribution in [3.05, 3.63) is 28.8 Å². The van der Waals surface area contributed by atoms with Crippen LogP contribution in [0.2, 0.25) is 0 Å². The number of thiazole rings is 1. The SMILES string of the molecule is CCc1nc(N)sc1C(=O)N1CCC[C@@H](c2nccn2CC(N)=O)C1. The Kier molecular flexibility index (Phi) is 5.03. The number of hydrogen-bond acceptors (Lipinski definition) is 6. The third kappa shape index (κ3) is 3.65. The number of amides is 2. The van der Waals surface area contributed by atoms with Crippen LogP contribution in [0.25, 0.3) is 0 Å². The standard InChI is InChI=1S/C16H22N6O2S/c1-2-11-13(25-16(18)20-11)15(24)22-6-3-4-10(8-22)14-19-5-7-21(14)9-12(17)23/h5,7,10H,2-4,6,8-9H2,1H3,(H2,17,23)(H2,18,20)/t10-/m1/s1. The highest BCUT2D eigenvalue weighted by Crippen LogP contribution is 2.29. The fourth-order valence-electron chi connectivity index (χ4n) is 3.27. The molecule has 2 aromatic rings. The maximum absolute atomic E-state index is 12.9. The van der Waals surface area contributed by atoms with Gasteiger partial charge in [0.2, 0.25) is 5.91 Å². The zero-order valence-electron chi connectivity index (χ0n) is 14.1. The molecule has 1 atom stereocenters. The van der Waals surface area contributed by atoms with Crippen molar-refractivity contribution >= 4 is 28.3 Å². The predicted molar refractivity (Wildman–Crippen MR) is 95.2 cm³/mol. The highest BCUT2D eigenvalue weighted by atomic mass is 32.1. The van der Waals surface area contributed by atoms with E-state index in [-0.39, 0.29) is 18.4 Å². The number of carbonyl (C=O) groups excluding carboxylic acids is 2. The zero-order chi connectivity index (χ0) is 18.0. The summed E-state index contributed by atoms with van der Waals surface area (Å²) in [7, 11) is 0. The molecule has 3 rings (SSSR count). The molecule has 2 amide bonds. The van der Waals surface area contributed by atoms with Gasteiger partial charge in [0.1, 0.15) is 17.2 Å². The van der Waals surface area contributed by atoms with Crippen LogP contribution in [0.3, 0.4) is 0 Å². The number of nitrogens with zero attached hydrogens (tertiary/aromatic N) is 4. The Bertz CT molecular complexity index is 783. The van der Waals surface area contributed by atoms with Crippen molar-refractivity contribution in [1.29, 1.82) is 0 Å². The highest BCUT2D eigenvalue weighted by Gasteiger charge is 2.30. The number of nitrogens with two attached hydrogens (primary N) is 2. The van der Waals surface area contributed by atoms with Crippen LogP contribution < -0.4 is 11.5 Å². The summed E-state index contributed by atoms with van der Waals surface area (Å²) in [4.78, 5) is 35.2. The largest absolute Gasteiger partial charge is 0.375 e. The van der Waals surface area contributed by atoms with E-state index in [1.807, 2.05) is 11.8 Å². The van der Waals surface area contributed by atoms with E-state index in [0.29, 0.717) is 29.5 Å². The Balaban J connectivity index is 1.78. The number of anilines is 1. The maximum Gasteiger partial charge on any atom is 0.265 e. The van der Waals surface area contributed by atoms with Gasteiger partial charge in [0, 0.05) is 31.4 Å². The molecule has 134 valence electrons. The number of imidazole rings is 1. The number of primary amides is 1. The quantitative estimate of drug-likeness (QED) is 0.822. The fourth-order valence-corrected chi connectivity index (χ4v) is 4.16. The molecule has 1 saturated heterocycles. The molecule has 25 heavy (non-hydrogen) atoms. The van der Waals surface area contributed by atoms with E-state index < -0.39 is 5.91 Å². The van der Waals surface area contributed by atoms with Gasteiger partial charge in [-0.2, -0.15) is 0 Å². The second kappa shape index (κ2) is 7.22. The molecule has 0 radical (unpaired) electrons. The first-order valence-corrected chi connectivity index (χ1v) is 9.15. The number of rotatable bonds is 5. The molecule has 9 heteroatoms. The first-order chi connectivity index (χ1) is 12.0. The molecule has 0 bridgehead atoms. The average molecular weight is 362 g/mol. The minimum atomic E-state index is -0.407. The molecule has 0 unspecified atom stereocenters. The Labute approximate surface area is 149 Å². The summed E-state index contributed by atoms with van der Waals surface area (Å²) < 4.78 is 1.77. The Morgan fingerprint density at radius 2 is 2.24 bits per heavy atom. The summed E-state index contributed by atoms with van der Waals surface area (Å²) in [6.07, 6.45) is 5.90. The summed E-state index contributed by atoms with van der Waals surface area (Å²) in [5, 5.41) is 0.422. The highest BCUT2D eigenvalue weighted by molar-refractivity contribution is 7.17. The van der Waals surface area contributed by atoms with Gasteiger partial charge in [0.25, 0.3) is 5.91 Å². The van der Waals surface area contributed by atoms with Crippen LogP contribution in [0.1, 0.15) is 46.9 Å². The van der Waals surface area contributed by atoms with Crippen molar-refractivity contribution in [1.82, 2.24) is 19.4 Å². The topological polar surface area (TPSA) is 120 Å². The first-order valence-electron chi connectivity index (χ1n) is 8.33. The lowest BCUT2D eigenvalue weighted by Gasteiger charge is -2.32. The summed E-state index contributed by atoms with van der Waals surface area (Å²) in [5.74, 6) is 0.456. The zero-order valence-corrected chi connectivity index (χ0v) is 15.0. The molecule has 8 nitrogen and oxygen atoms in total. The van der Waals surface area contributed by atoms with E-state index in [4.69, 9.17) is 11.5 Å². The number of piperidine rings is 1. The Morgan fingerprint density at radius 3 is 2.96 bits per heavy atom. The van der Waals surface area contributed by atoms with Crippen molar-refractivity contribution in [2.45, 2.75) is 38.6 Å². The number of hydrogen-bond donors (Lipinski definition) is 2. The summed E-state index contributed by atoms with van der Waals surface area (Å²) >= 11 is 1.24. The van der Waals surface area contributed by atoms with E-state index in [9.17, 15) is 9.59 Å². The van der Waals surface area contributed by atoms with Gasteiger partial charge in [-0.05, 0) is 19.3 Å². The summed E-state index contributed by atoms with van der Waals surface area (Å²) in [6, 6.07) is 0. The number of likely N-dealkylation sites (tertiary alicyclic amines) is 1.